The van der Waals surface area contributed by atoms with Crippen LogP contribution >= 0.6 is 11.3 Å². The highest BCUT2D eigenvalue weighted by atomic mass is 32.1. The highest BCUT2D eigenvalue weighted by Gasteiger charge is 2.28. The number of hydrogen-bond acceptors (Lipinski definition) is 5. The quantitative estimate of drug-likeness (QED) is 0.549. The van der Waals surface area contributed by atoms with Crippen LogP contribution in [-0.4, -0.2) is 42.0 Å². The summed E-state index contributed by atoms with van der Waals surface area (Å²) in [6.45, 7) is 5.33. The van der Waals surface area contributed by atoms with Crippen LogP contribution in [0.15, 0.2) is 42.5 Å². The van der Waals surface area contributed by atoms with Crippen molar-refractivity contribution in [3.63, 3.8) is 0 Å². The molecule has 2 heterocycles. The lowest BCUT2D eigenvalue weighted by molar-refractivity contribution is -0.121. The van der Waals surface area contributed by atoms with Crippen molar-refractivity contribution in [1.82, 2.24) is 9.88 Å². The molecule has 1 aliphatic rings. The molecule has 0 aliphatic carbocycles. The van der Waals surface area contributed by atoms with Crippen LogP contribution in [0.4, 0.5) is 16.2 Å². The molecule has 0 spiro atoms. The lowest BCUT2D eigenvalue weighted by Crippen LogP contribution is -2.43. The maximum atomic E-state index is 12.8. The van der Waals surface area contributed by atoms with Gasteiger partial charge in [-0.25, -0.2) is 9.78 Å². The number of ether oxygens (including phenoxy) is 1. The first-order valence-corrected chi connectivity index (χ1v) is 11.7. The maximum Gasteiger partial charge on any atom is 0.321 e. The topological polar surface area (TPSA) is 83.6 Å². The van der Waals surface area contributed by atoms with E-state index < -0.39 is 0 Å². The van der Waals surface area contributed by atoms with Gasteiger partial charge in [-0.15, -0.1) is 11.3 Å². The summed E-state index contributed by atoms with van der Waals surface area (Å²) >= 11 is 1.66. The predicted octanol–water partition coefficient (Wildman–Crippen LogP) is 5.31. The number of nitrogens with one attached hydrogen (secondary N) is 2. The molecular formula is C24H28N4O3S. The van der Waals surface area contributed by atoms with Crippen molar-refractivity contribution >= 4 is 44.9 Å². The van der Waals surface area contributed by atoms with Crippen LogP contribution in [0.1, 0.15) is 37.6 Å². The molecule has 168 valence electrons. The van der Waals surface area contributed by atoms with Gasteiger partial charge < -0.3 is 20.3 Å². The normalized spacial score (nSPS) is 14.6. The molecule has 1 fully saturated rings. The van der Waals surface area contributed by atoms with Gasteiger partial charge in [-0.2, -0.15) is 0 Å². The van der Waals surface area contributed by atoms with Crippen molar-refractivity contribution in [2.45, 2.75) is 32.6 Å². The Labute approximate surface area is 191 Å². The van der Waals surface area contributed by atoms with Crippen molar-refractivity contribution in [2.24, 2.45) is 5.92 Å². The molecule has 0 bridgehead atoms. The molecule has 1 aromatic heterocycles. The Hall–Kier alpha value is -3.13. The van der Waals surface area contributed by atoms with Gasteiger partial charge in [-0.1, -0.05) is 26.0 Å². The SMILES string of the molecule is COc1ccccc1NC(=O)C1CCN(C(=O)Nc2ccc3nc(C(C)C)sc3c2)CC1. The van der Waals surface area contributed by atoms with Crippen LogP contribution < -0.4 is 15.4 Å². The molecule has 3 amide bonds. The number of methoxy groups -OCH3 is 1. The molecule has 3 aromatic rings. The van der Waals surface area contributed by atoms with Crippen molar-refractivity contribution in [1.29, 1.82) is 0 Å². The number of thiazole rings is 1. The van der Waals surface area contributed by atoms with Crippen LogP contribution in [0.2, 0.25) is 0 Å². The summed E-state index contributed by atoms with van der Waals surface area (Å²) < 4.78 is 6.37. The molecule has 0 radical (unpaired) electrons. The monoisotopic (exact) mass is 452 g/mol. The molecule has 1 aliphatic heterocycles. The van der Waals surface area contributed by atoms with Crippen molar-refractivity contribution in [3.8, 4) is 5.75 Å². The number of aromatic nitrogens is 1. The fourth-order valence-electron chi connectivity index (χ4n) is 3.80. The van der Waals surface area contributed by atoms with Gasteiger partial charge in [-0.3, -0.25) is 4.79 Å². The summed E-state index contributed by atoms with van der Waals surface area (Å²) in [5, 5.41) is 7.04. The van der Waals surface area contributed by atoms with Crippen molar-refractivity contribution in [2.75, 3.05) is 30.8 Å². The number of piperidine rings is 1. The molecule has 32 heavy (non-hydrogen) atoms. The van der Waals surface area contributed by atoms with Gasteiger partial charge in [0.05, 0.1) is 28.0 Å². The van der Waals surface area contributed by atoms with E-state index in [1.165, 1.54) is 0 Å². The Bertz CT molecular complexity index is 1120. The van der Waals surface area contributed by atoms with Crippen LogP contribution in [0.3, 0.4) is 0 Å². The lowest BCUT2D eigenvalue weighted by atomic mass is 9.96. The fourth-order valence-corrected chi connectivity index (χ4v) is 4.81. The zero-order valence-electron chi connectivity index (χ0n) is 18.6. The molecule has 8 heteroatoms. The van der Waals surface area contributed by atoms with Crippen LogP contribution in [0.25, 0.3) is 10.2 Å². The summed E-state index contributed by atoms with van der Waals surface area (Å²) in [5.74, 6) is 0.848. The molecule has 0 saturated carbocycles. The molecule has 0 atom stereocenters. The number of carbonyl (C=O) groups excluding carboxylic acids is 2. The van der Waals surface area contributed by atoms with Crippen LogP contribution in [-0.2, 0) is 4.79 Å². The summed E-state index contributed by atoms with van der Waals surface area (Å²) in [4.78, 5) is 31.8. The van der Waals surface area contributed by atoms with Gasteiger partial charge in [-0.05, 0) is 43.2 Å². The molecule has 7 nitrogen and oxygen atoms in total. The number of rotatable bonds is 5. The third kappa shape index (κ3) is 4.85. The van der Waals surface area contributed by atoms with Crippen molar-refractivity contribution in [3.05, 3.63) is 47.5 Å². The van der Waals surface area contributed by atoms with E-state index in [-0.39, 0.29) is 17.9 Å². The minimum absolute atomic E-state index is 0.0360. The highest BCUT2D eigenvalue weighted by Crippen LogP contribution is 2.30. The second-order valence-electron chi connectivity index (χ2n) is 8.27. The van der Waals surface area contributed by atoms with E-state index in [9.17, 15) is 9.59 Å². The number of fused-ring (bicyclic) bond motifs is 1. The first-order chi connectivity index (χ1) is 15.4. The van der Waals surface area contributed by atoms with Crippen molar-refractivity contribution < 1.29 is 14.3 Å². The van der Waals surface area contributed by atoms with E-state index >= 15 is 0 Å². The Kier molecular flexibility index (Phi) is 6.60. The Balaban J connectivity index is 1.32. The van der Waals surface area contributed by atoms with Gasteiger partial charge in [0.1, 0.15) is 5.75 Å². The lowest BCUT2D eigenvalue weighted by Gasteiger charge is -2.31. The molecule has 2 aromatic carbocycles. The predicted molar refractivity (Wildman–Crippen MR) is 129 cm³/mol. The summed E-state index contributed by atoms with van der Waals surface area (Å²) in [6, 6.07) is 13.0. The Morgan fingerprint density at radius 1 is 1.12 bits per heavy atom. The van der Waals surface area contributed by atoms with E-state index in [0.29, 0.717) is 43.3 Å². The standard InChI is InChI=1S/C24H28N4O3S/c1-15(2)23-27-19-9-8-17(14-21(19)32-23)25-24(30)28-12-10-16(11-13-28)22(29)26-18-6-4-5-7-20(18)31-3/h4-9,14-16H,10-13H2,1-3H3,(H,25,30)(H,26,29). The average Bonchev–Trinajstić information content (AvgIpc) is 3.23. The molecule has 0 unspecified atom stereocenters. The third-order valence-corrected chi connectivity index (χ3v) is 6.99. The number of benzene rings is 2. The minimum atomic E-state index is -0.137. The van der Waals surface area contributed by atoms with Gasteiger partial charge in [0.25, 0.3) is 0 Å². The average molecular weight is 453 g/mol. The summed E-state index contributed by atoms with van der Waals surface area (Å²) in [5.41, 5.74) is 2.38. The molecule has 1 saturated heterocycles. The van der Waals surface area contributed by atoms with E-state index in [0.717, 1.165) is 20.9 Å². The fraction of sp³-hybridized carbons (Fsp3) is 0.375. The number of hydrogen-bond donors (Lipinski definition) is 2. The zero-order chi connectivity index (χ0) is 22.7. The smallest absolute Gasteiger partial charge is 0.321 e. The maximum absolute atomic E-state index is 12.8. The third-order valence-electron chi connectivity index (χ3n) is 5.67. The molecular weight excluding hydrogens is 424 g/mol. The number of likely N-dealkylation sites (tertiary alicyclic amines) is 1. The summed E-state index contributed by atoms with van der Waals surface area (Å²) in [6.07, 6.45) is 1.25. The van der Waals surface area contributed by atoms with E-state index in [1.807, 2.05) is 42.5 Å². The largest absolute Gasteiger partial charge is 0.495 e. The molecule has 4 rings (SSSR count). The molecule has 2 N–H and O–H groups in total. The van der Waals surface area contributed by atoms with Gasteiger partial charge in [0, 0.05) is 30.6 Å². The van der Waals surface area contributed by atoms with Crippen LogP contribution in [0, 0.1) is 5.92 Å². The highest BCUT2D eigenvalue weighted by molar-refractivity contribution is 7.18. The first kappa shape index (κ1) is 22.1. The Morgan fingerprint density at radius 2 is 1.88 bits per heavy atom. The number of nitrogens with zero attached hydrogens (tertiary/aromatic N) is 2. The van der Waals surface area contributed by atoms with Gasteiger partial charge in [0.15, 0.2) is 0 Å². The summed E-state index contributed by atoms with van der Waals surface area (Å²) in [7, 11) is 1.58. The number of carbonyl (C=O) groups is 2. The van der Waals surface area contributed by atoms with Gasteiger partial charge in [0.2, 0.25) is 5.91 Å². The Morgan fingerprint density at radius 3 is 2.59 bits per heavy atom. The number of para-hydroxylation sites is 2. The second-order valence-corrected chi connectivity index (χ2v) is 9.33. The van der Waals surface area contributed by atoms with Gasteiger partial charge >= 0.3 is 6.03 Å². The zero-order valence-corrected chi connectivity index (χ0v) is 19.4. The number of urea groups is 1. The second kappa shape index (κ2) is 9.56. The first-order valence-electron chi connectivity index (χ1n) is 10.8. The van der Waals surface area contributed by atoms with E-state index in [2.05, 4.69) is 29.5 Å². The number of anilines is 2. The minimum Gasteiger partial charge on any atom is -0.495 e. The number of amides is 3. The van der Waals surface area contributed by atoms with E-state index in [4.69, 9.17) is 4.74 Å². The van der Waals surface area contributed by atoms with E-state index in [1.54, 1.807) is 23.3 Å². The van der Waals surface area contributed by atoms with Crippen LogP contribution in [0.5, 0.6) is 5.75 Å².